The van der Waals surface area contributed by atoms with E-state index in [-0.39, 0.29) is 0 Å². The number of hydrogen-bond acceptors (Lipinski definition) is 4. The van der Waals surface area contributed by atoms with E-state index in [4.69, 9.17) is 13.7 Å². The smallest absolute Gasteiger partial charge is 0.456 e. The van der Waals surface area contributed by atoms with Crippen molar-refractivity contribution >= 4 is 76.8 Å². The number of thiophene rings is 1. The fraction of sp³-hybridized carbons (Fsp3) is 0.176. The van der Waals surface area contributed by atoms with Crippen LogP contribution in [-0.2, 0) is 9.31 Å². The molecule has 0 aliphatic carbocycles. The van der Waals surface area contributed by atoms with Gasteiger partial charge in [0.25, 0.3) is 0 Å². The fourth-order valence-corrected chi connectivity index (χ4v) is 6.96. The van der Waals surface area contributed by atoms with Crippen molar-refractivity contribution < 1.29 is 13.7 Å². The van der Waals surface area contributed by atoms with E-state index >= 15 is 0 Å². The van der Waals surface area contributed by atoms with E-state index in [0.29, 0.717) is 0 Å². The molecule has 8 rings (SSSR count). The van der Waals surface area contributed by atoms with Crippen LogP contribution in [0.15, 0.2) is 95.4 Å². The Bertz CT molecular complexity index is 2080. The first kappa shape index (κ1) is 23.3. The van der Waals surface area contributed by atoms with Crippen LogP contribution in [0.25, 0.3) is 64.0 Å². The van der Waals surface area contributed by atoms with Gasteiger partial charge in [-0.15, -0.1) is 11.3 Å². The van der Waals surface area contributed by atoms with Gasteiger partial charge in [-0.3, -0.25) is 0 Å². The van der Waals surface area contributed by atoms with Crippen molar-refractivity contribution in [2.45, 2.75) is 38.9 Å². The Morgan fingerprint density at radius 1 is 0.590 bits per heavy atom. The summed E-state index contributed by atoms with van der Waals surface area (Å²) >= 11 is 1.86. The van der Waals surface area contributed by atoms with Crippen molar-refractivity contribution in [1.29, 1.82) is 0 Å². The van der Waals surface area contributed by atoms with Crippen LogP contribution in [0.4, 0.5) is 0 Å². The van der Waals surface area contributed by atoms with Crippen molar-refractivity contribution in [2.24, 2.45) is 0 Å². The molecule has 0 radical (unpaired) electrons. The van der Waals surface area contributed by atoms with E-state index in [9.17, 15) is 0 Å². The minimum Gasteiger partial charge on any atom is -0.456 e. The van der Waals surface area contributed by atoms with Gasteiger partial charge in [-0.25, -0.2) is 0 Å². The maximum atomic E-state index is 6.44. The quantitative estimate of drug-likeness (QED) is 0.211. The van der Waals surface area contributed by atoms with E-state index in [1.165, 1.54) is 36.5 Å². The molecule has 0 atom stereocenters. The summed E-state index contributed by atoms with van der Waals surface area (Å²) in [6.45, 7) is 8.36. The van der Waals surface area contributed by atoms with E-state index < -0.39 is 18.3 Å². The molecule has 0 N–H and O–H groups in total. The van der Waals surface area contributed by atoms with E-state index in [0.717, 1.165) is 33.0 Å². The van der Waals surface area contributed by atoms with Crippen LogP contribution in [0.1, 0.15) is 27.7 Å². The fourth-order valence-electron chi connectivity index (χ4n) is 5.84. The van der Waals surface area contributed by atoms with Gasteiger partial charge in [0.05, 0.1) is 11.2 Å². The zero-order valence-electron chi connectivity index (χ0n) is 22.4. The highest BCUT2D eigenvalue weighted by molar-refractivity contribution is 7.25. The van der Waals surface area contributed by atoms with Crippen molar-refractivity contribution in [2.75, 3.05) is 0 Å². The summed E-state index contributed by atoms with van der Waals surface area (Å²) in [6.07, 6.45) is 0. The van der Waals surface area contributed by atoms with Gasteiger partial charge >= 0.3 is 7.12 Å². The zero-order valence-corrected chi connectivity index (χ0v) is 23.2. The molecule has 5 aromatic carbocycles. The summed E-state index contributed by atoms with van der Waals surface area (Å²) in [4.78, 5) is 0. The molecule has 1 aliphatic rings. The molecule has 0 amide bonds. The number of benzene rings is 5. The Kier molecular flexibility index (Phi) is 4.74. The molecule has 1 fully saturated rings. The van der Waals surface area contributed by atoms with Crippen molar-refractivity contribution in [1.82, 2.24) is 0 Å². The van der Waals surface area contributed by atoms with Gasteiger partial charge in [0, 0.05) is 30.9 Å². The first-order valence-corrected chi connectivity index (χ1v) is 14.3. The standard InChI is InChI=1S/C34H27BO3S/c1-33(2)34(3,4)38-35(37-33)27-10-7-11-29-32(27)26-18-22(12-14-28(26)36-29)23-13-15-30-24(17-23)25-16-20-8-5-6-9-21(20)19-31(25)39-30/h5-19H,1-4H3. The molecule has 5 heteroatoms. The first-order chi connectivity index (χ1) is 18.8. The second kappa shape index (κ2) is 7.95. The Morgan fingerprint density at radius 2 is 1.26 bits per heavy atom. The lowest BCUT2D eigenvalue weighted by Crippen LogP contribution is -2.41. The van der Waals surface area contributed by atoms with Gasteiger partial charge in [0.1, 0.15) is 11.2 Å². The predicted molar refractivity (Wildman–Crippen MR) is 165 cm³/mol. The third-order valence-corrected chi connectivity index (χ3v) is 9.84. The molecule has 0 bridgehead atoms. The summed E-state index contributed by atoms with van der Waals surface area (Å²) in [5.41, 5.74) is 4.26. The molecule has 190 valence electrons. The van der Waals surface area contributed by atoms with Crippen molar-refractivity contribution in [3.8, 4) is 11.1 Å². The van der Waals surface area contributed by atoms with Crippen LogP contribution < -0.4 is 5.46 Å². The van der Waals surface area contributed by atoms with Crippen molar-refractivity contribution in [3.63, 3.8) is 0 Å². The van der Waals surface area contributed by atoms with Crippen LogP contribution >= 0.6 is 11.3 Å². The maximum Gasteiger partial charge on any atom is 0.495 e. The Balaban J connectivity index is 1.29. The van der Waals surface area contributed by atoms with E-state index in [1.54, 1.807) is 0 Å². The summed E-state index contributed by atoms with van der Waals surface area (Å²) in [5.74, 6) is 0. The molecule has 3 nitrogen and oxygen atoms in total. The number of furan rings is 1. The lowest BCUT2D eigenvalue weighted by Gasteiger charge is -2.32. The minimum atomic E-state index is -0.452. The highest BCUT2D eigenvalue weighted by Gasteiger charge is 2.52. The highest BCUT2D eigenvalue weighted by atomic mass is 32.1. The van der Waals surface area contributed by atoms with E-state index in [2.05, 4.69) is 107 Å². The Morgan fingerprint density at radius 3 is 2.03 bits per heavy atom. The number of rotatable bonds is 2. The largest absolute Gasteiger partial charge is 0.495 e. The number of hydrogen-bond donors (Lipinski definition) is 0. The average molecular weight is 526 g/mol. The zero-order chi connectivity index (χ0) is 26.5. The van der Waals surface area contributed by atoms with Gasteiger partial charge in [-0.2, -0.15) is 0 Å². The highest BCUT2D eigenvalue weighted by Crippen LogP contribution is 2.41. The lowest BCUT2D eigenvalue weighted by molar-refractivity contribution is 0.00578. The van der Waals surface area contributed by atoms with Crippen LogP contribution in [-0.4, -0.2) is 18.3 Å². The second-order valence-corrected chi connectivity index (χ2v) is 12.7. The van der Waals surface area contributed by atoms with Crippen LogP contribution in [0, 0.1) is 0 Å². The van der Waals surface area contributed by atoms with Crippen molar-refractivity contribution in [3.05, 3.63) is 91.0 Å². The third kappa shape index (κ3) is 3.44. The van der Waals surface area contributed by atoms with Crippen LogP contribution in [0.3, 0.4) is 0 Å². The number of fused-ring (bicyclic) bond motifs is 7. The Labute approximate surface area is 231 Å². The molecule has 2 aromatic heterocycles. The SMILES string of the molecule is CC1(C)OB(c2cccc3oc4ccc(-c5ccc6sc7cc8ccccc8cc7c6c5)cc4c23)OC1(C)C. The Hall–Kier alpha value is -3.64. The molecule has 3 heterocycles. The van der Waals surface area contributed by atoms with Crippen LogP contribution in [0.5, 0.6) is 0 Å². The molecular formula is C34H27BO3S. The topological polar surface area (TPSA) is 31.6 Å². The van der Waals surface area contributed by atoms with Gasteiger partial charge in [-0.1, -0.05) is 48.5 Å². The monoisotopic (exact) mass is 526 g/mol. The summed E-state index contributed by atoms with van der Waals surface area (Å²) in [5, 5.41) is 7.31. The maximum absolute atomic E-state index is 6.44. The van der Waals surface area contributed by atoms with Gasteiger partial charge in [0.2, 0.25) is 0 Å². The molecular weight excluding hydrogens is 499 g/mol. The van der Waals surface area contributed by atoms with Crippen LogP contribution in [0.2, 0.25) is 0 Å². The first-order valence-electron chi connectivity index (χ1n) is 13.4. The van der Waals surface area contributed by atoms with E-state index in [1.807, 2.05) is 23.5 Å². The van der Waals surface area contributed by atoms with Gasteiger partial charge in [-0.05, 0) is 97.5 Å². The molecule has 1 aliphatic heterocycles. The third-order valence-electron chi connectivity index (χ3n) is 8.71. The van der Waals surface area contributed by atoms with Gasteiger partial charge < -0.3 is 13.7 Å². The predicted octanol–water partition coefficient (Wildman–Crippen LogP) is 9.07. The summed E-state index contributed by atoms with van der Waals surface area (Å²) < 4.78 is 21.8. The summed E-state index contributed by atoms with van der Waals surface area (Å²) in [6, 6.07) is 32.7. The second-order valence-electron chi connectivity index (χ2n) is 11.6. The van der Waals surface area contributed by atoms with Gasteiger partial charge in [0.15, 0.2) is 0 Å². The normalized spacial score (nSPS) is 16.9. The molecule has 0 unspecified atom stereocenters. The molecule has 0 saturated carbocycles. The molecule has 39 heavy (non-hydrogen) atoms. The lowest BCUT2D eigenvalue weighted by atomic mass is 9.76. The molecule has 1 saturated heterocycles. The minimum absolute atomic E-state index is 0.408. The molecule has 7 aromatic rings. The average Bonchev–Trinajstić information content (AvgIpc) is 3.54. The summed E-state index contributed by atoms with van der Waals surface area (Å²) in [7, 11) is -0.452. The molecule has 0 spiro atoms.